The van der Waals surface area contributed by atoms with Gasteiger partial charge in [0.1, 0.15) is 0 Å². The largest absolute Gasteiger partial charge is 0.399 e. The molecule has 0 spiro atoms. The molecule has 1 amide bonds. The summed E-state index contributed by atoms with van der Waals surface area (Å²) in [4.78, 5) is 13.9. The molecule has 0 unspecified atom stereocenters. The maximum absolute atomic E-state index is 12.4. The number of halogens is 1. The molecule has 4 heteroatoms. The smallest absolute Gasteiger partial charge is 0.258 e. The SMILES string of the molecule is Cc1cc(Cl)cc(C(=O)N(C)c2cccc(N)c2)c1. The molecule has 0 bridgehead atoms. The van der Waals surface area contributed by atoms with Crippen LogP contribution in [0.5, 0.6) is 0 Å². The van der Waals surface area contributed by atoms with Crippen molar-refractivity contribution in [2.24, 2.45) is 0 Å². The van der Waals surface area contributed by atoms with Crippen LogP contribution in [0, 0.1) is 6.92 Å². The van der Waals surface area contributed by atoms with E-state index in [1.807, 2.05) is 31.2 Å². The number of hydrogen-bond acceptors (Lipinski definition) is 2. The number of anilines is 2. The number of aryl methyl sites for hydroxylation is 1. The Hall–Kier alpha value is -2.00. The first kappa shape index (κ1) is 13.4. The molecule has 0 atom stereocenters. The normalized spacial score (nSPS) is 10.3. The van der Waals surface area contributed by atoms with Gasteiger partial charge in [0.15, 0.2) is 0 Å². The molecule has 0 radical (unpaired) electrons. The summed E-state index contributed by atoms with van der Waals surface area (Å²) in [7, 11) is 1.72. The molecule has 0 fully saturated rings. The number of benzene rings is 2. The fourth-order valence-electron chi connectivity index (χ4n) is 1.90. The summed E-state index contributed by atoms with van der Waals surface area (Å²) in [5.74, 6) is -0.115. The van der Waals surface area contributed by atoms with Crippen molar-refractivity contribution in [1.29, 1.82) is 0 Å². The van der Waals surface area contributed by atoms with Gasteiger partial charge in [0.2, 0.25) is 0 Å². The predicted molar refractivity (Wildman–Crippen MR) is 79.8 cm³/mol. The van der Waals surface area contributed by atoms with Crippen molar-refractivity contribution in [3.63, 3.8) is 0 Å². The molecular weight excluding hydrogens is 260 g/mol. The third kappa shape index (κ3) is 3.06. The highest BCUT2D eigenvalue weighted by molar-refractivity contribution is 6.31. The van der Waals surface area contributed by atoms with Crippen LogP contribution in [0.3, 0.4) is 0 Å². The minimum Gasteiger partial charge on any atom is -0.399 e. The highest BCUT2D eigenvalue weighted by Gasteiger charge is 2.14. The van der Waals surface area contributed by atoms with Crippen molar-refractivity contribution >= 4 is 28.9 Å². The number of rotatable bonds is 2. The molecule has 2 rings (SSSR count). The summed E-state index contributed by atoms with van der Waals surface area (Å²) >= 11 is 5.98. The quantitative estimate of drug-likeness (QED) is 0.852. The van der Waals surface area contributed by atoms with Crippen LogP contribution in [0.25, 0.3) is 0 Å². The van der Waals surface area contributed by atoms with Crippen LogP contribution in [0.15, 0.2) is 42.5 Å². The molecule has 0 heterocycles. The van der Waals surface area contributed by atoms with E-state index in [-0.39, 0.29) is 5.91 Å². The van der Waals surface area contributed by atoms with Gasteiger partial charge in [-0.3, -0.25) is 4.79 Å². The Labute approximate surface area is 117 Å². The Kier molecular flexibility index (Phi) is 3.76. The first-order valence-electron chi connectivity index (χ1n) is 5.88. The number of carbonyl (C=O) groups is 1. The van der Waals surface area contributed by atoms with Crippen LogP contribution in [0.2, 0.25) is 5.02 Å². The topological polar surface area (TPSA) is 46.3 Å². The fraction of sp³-hybridized carbons (Fsp3) is 0.133. The Morgan fingerprint density at radius 2 is 1.95 bits per heavy atom. The molecule has 2 aromatic rings. The van der Waals surface area contributed by atoms with Crippen LogP contribution < -0.4 is 10.6 Å². The Morgan fingerprint density at radius 3 is 2.58 bits per heavy atom. The Morgan fingerprint density at radius 1 is 1.21 bits per heavy atom. The van der Waals surface area contributed by atoms with Gasteiger partial charge in [0.05, 0.1) is 0 Å². The fourth-order valence-corrected chi connectivity index (χ4v) is 2.19. The molecule has 0 saturated carbocycles. The van der Waals surface area contributed by atoms with E-state index in [0.29, 0.717) is 16.3 Å². The van der Waals surface area contributed by atoms with Gasteiger partial charge < -0.3 is 10.6 Å². The van der Waals surface area contributed by atoms with Crippen molar-refractivity contribution in [3.8, 4) is 0 Å². The lowest BCUT2D eigenvalue weighted by Gasteiger charge is -2.18. The van der Waals surface area contributed by atoms with E-state index in [1.54, 1.807) is 30.1 Å². The van der Waals surface area contributed by atoms with Crippen LogP contribution in [-0.4, -0.2) is 13.0 Å². The second-order valence-corrected chi connectivity index (χ2v) is 4.91. The minimum absolute atomic E-state index is 0.115. The summed E-state index contributed by atoms with van der Waals surface area (Å²) in [6.45, 7) is 1.91. The van der Waals surface area contributed by atoms with E-state index >= 15 is 0 Å². The van der Waals surface area contributed by atoms with Gasteiger partial charge in [-0.25, -0.2) is 0 Å². The first-order valence-corrected chi connectivity index (χ1v) is 6.26. The molecule has 0 aliphatic rings. The van der Waals surface area contributed by atoms with Crippen molar-refractivity contribution in [1.82, 2.24) is 0 Å². The lowest BCUT2D eigenvalue weighted by atomic mass is 10.1. The van der Waals surface area contributed by atoms with E-state index in [4.69, 9.17) is 17.3 Å². The monoisotopic (exact) mass is 274 g/mol. The van der Waals surface area contributed by atoms with Gasteiger partial charge in [-0.1, -0.05) is 17.7 Å². The molecule has 0 saturated heterocycles. The van der Waals surface area contributed by atoms with E-state index < -0.39 is 0 Å². The van der Waals surface area contributed by atoms with E-state index in [1.165, 1.54) is 0 Å². The maximum Gasteiger partial charge on any atom is 0.258 e. The summed E-state index contributed by atoms with van der Waals surface area (Å²) in [5.41, 5.74) is 8.62. The third-order valence-corrected chi connectivity index (χ3v) is 3.07. The molecule has 2 aromatic carbocycles. The Bertz CT molecular complexity index is 605. The number of nitrogen functional groups attached to an aromatic ring is 1. The zero-order valence-electron chi connectivity index (χ0n) is 10.9. The van der Waals surface area contributed by atoms with Crippen molar-refractivity contribution < 1.29 is 4.79 Å². The van der Waals surface area contributed by atoms with Crippen LogP contribution in [0.4, 0.5) is 11.4 Å². The van der Waals surface area contributed by atoms with Crippen molar-refractivity contribution in [2.45, 2.75) is 6.92 Å². The van der Waals surface area contributed by atoms with E-state index in [9.17, 15) is 4.79 Å². The minimum atomic E-state index is -0.115. The van der Waals surface area contributed by atoms with Crippen LogP contribution >= 0.6 is 11.6 Å². The standard InChI is InChI=1S/C15H15ClN2O/c1-10-6-11(8-12(16)7-10)15(19)18(2)14-5-3-4-13(17)9-14/h3-9H,17H2,1-2H3. The summed E-state index contributed by atoms with van der Waals surface area (Å²) < 4.78 is 0. The lowest BCUT2D eigenvalue weighted by molar-refractivity contribution is 0.0993. The molecule has 0 aliphatic carbocycles. The molecule has 0 aromatic heterocycles. The summed E-state index contributed by atoms with van der Waals surface area (Å²) in [5, 5.41) is 0.560. The highest BCUT2D eigenvalue weighted by atomic mass is 35.5. The van der Waals surface area contributed by atoms with Gasteiger partial charge in [-0.15, -0.1) is 0 Å². The van der Waals surface area contributed by atoms with Gasteiger partial charge in [-0.05, 0) is 48.9 Å². The average Bonchev–Trinajstić information content (AvgIpc) is 2.36. The number of carbonyl (C=O) groups excluding carboxylic acids is 1. The van der Waals surface area contributed by atoms with Crippen molar-refractivity contribution in [2.75, 3.05) is 17.7 Å². The third-order valence-electron chi connectivity index (χ3n) is 2.85. The second-order valence-electron chi connectivity index (χ2n) is 4.48. The van der Waals surface area contributed by atoms with Gasteiger partial charge in [0.25, 0.3) is 5.91 Å². The number of amides is 1. The lowest BCUT2D eigenvalue weighted by Crippen LogP contribution is -2.26. The maximum atomic E-state index is 12.4. The molecule has 19 heavy (non-hydrogen) atoms. The zero-order chi connectivity index (χ0) is 14.0. The molecule has 2 N–H and O–H groups in total. The molecular formula is C15H15ClN2O. The summed E-state index contributed by atoms with van der Waals surface area (Å²) in [6.07, 6.45) is 0. The Balaban J connectivity index is 2.33. The van der Waals surface area contributed by atoms with Gasteiger partial charge in [0, 0.05) is 29.0 Å². The number of nitrogens with zero attached hydrogens (tertiary/aromatic N) is 1. The van der Waals surface area contributed by atoms with Crippen molar-refractivity contribution in [3.05, 3.63) is 58.6 Å². The summed E-state index contributed by atoms with van der Waals surface area (Å²) in [6, 6.07) is 12.5. The number of hydrogen-bond donors (Lipinski definition) is 1. The predicted octanol–water partition coefficient (Wildman–Crippen LogP) is 3.51. The van der Waals surface area contributed by atoms with Gasteiger partial charge >= 0.3 is 0 Å². The first-order chi connectivity index (χ1) is 8.97. The average molecular weight is 275 g/mol. The van der Waals surface area contributed by atoms with Crippen LogP contribution in [0.1, 0.15) is 15.9 Å². The number of nitrogens with two attached hydrogens (primary N) is 1. The molecule has 98 valence electrons. The molecule has 3 nitrogen and oxygen atoms in total. The van der Waals surface area contributed by atoms with E-state index in [0.717, 1.165) is 11.3 Å². The highest BCUT2D eigenvalue weighted by Crippen LogP contribution is 2.20. The van der Waals surface area contributed by atoms with Gasteiger partial charge in [-0.2, -0.15) is 0 Å². The van der Waals surface area contributed by atoms with E-state index in [2.05, 4.69) is 0 Å². The van der Waals surface area contributed by atoms with Crippen LogP contribution in [-0.2, 0) is 0 Å². The second kappa shape index (κ2) is 5.33. The zero-order valence-corrected chi connectivity index (χ0v) is 11.6. The molecule has 0 aliphatic heterocycles.